The predicted molar refractivity (Wildman–Crippen MR) is 65.9 cm³/mol. The van der Waals surface area contributed by atoms with Crippen molar-refractivity contribution in [1.29, 1.82) is 0 Å². The number of amides is 1. The fourth-order valence-electron chi connectivity index (χ4n) is 1.30. The maximum Gasteiger partial charge on any atom is 0.254 e. The lowest BCUT2D eigenvalue weighted by atomic mass is 10.1. The lowest BCUT2D eigenvalue weighted by Gasteiger charge is -2.18. The molecular weight excluding hydrogens is 218 g/mol. The molecule has 0 aliphatic heterocycles. The van der Waals surface area contributed by atoms with Gasteiger partial charge in [0, 0.05) is 12.7 Å². The predicted octanol–water partition coefficient (Wildman–Crippen LogP) is 1.14. The van der Waals surface area contributed by atoms with E-state index in [1.54, 1.807) is 24.0 Å². The first-order valence-corrected chi connectivity index (χ1v) is 5.82. The number of nitrogens with one attached hydrogen (secondary N) is 1. The fourth-order valence-corrected chi connectivity index (χ4v) is 1.30. The van der Waals surface area contributed by atoms with Crippen LogP contribution < -0.4 is 5.32 Å². The van der Waals surface area contributed by atoms with Crippen molar-refractivity contribution < 1.29 is 9.90 Å². The number of carbonyl (C=O) groups is 1. The summed E-state index contributed by atoms with van der Waals surface area (Å²) in [5.41, 5.74) is 0.420. The van der Waals surface area contributed by atoms with E-state index in [4.69, 9.17) is 5.11 Å². The minimum atomic E-state index is -0.396. The molecule has 0 radical (unpaired) electrons. The summed E-state index contributed by atoms with van der Waals surface area (Å²) in [5.74, 6) is -0.152. The van der Waals surface area contributed by atoms with Crippen LogP contribution in [0.3, 0.4) is 0 Å². The number of hydrogen-bond donors (Lipinski definition) is 2. The number of rotatable bonds is 4. The Morgan fingerprint density at radius 2 is 2.24 bits per heavy atom. The molecule has 1 unspecified atom stereocenters. The van der Waals surface area contributed by atoms with Gasteiger partial charge in [-0.1, -0.05) is 0 Å². The average molecular weight is 239 g/mol. The van der Waals surface area contributed by atoms with Gasteiger partial charge in [-0.2, -0.15) is 5.10 Å². The molecule has 0 aliphatic rings. The molecule has 1 aromatic heterocycles. The number of aliphatic hydroxyl groups is 1. The van der Waals surface area contributed by atoms with Crippen molar-refractivity contribution in [2.75, 3.05) is 6.54 Å². The molecule has 0 aromatic carbocycles. The number of aliphatic hydroxyl groups excluding tert-OH is 1. The van der Waals surface area contributed by atoms with Crippen LogP contribution in [0.15, 0.2) is 12.4 Å². The van der Waals surface area contributed by atoms with Crippen molar-refractivity contribution in [3.05, 3.63) is 18.0 Å². The van der Waals surface area contributed by atoms with Crippen molar-refractivity contribution in [3.8, 4) is 0 Å². The molecular formula is C12H21N3O2. The van der Waals surface area contributed by atoms with Crippen LogP contribution in [0.5, 0.6) is 0 Å². The van der Waals surface area contributed by atoms with Gasteiger partial charge >= 0.3 is 0 Å². The average Bonchev–Trinajstić information content (AvgIpc) is 2.64. The molecule has 1 rings (SSSR count). The Bertz CT molecular complexity index is 377. The first-order valence-electron chi connectivity index (χ1n) is 5.82. The lowest BCUT2D eigenvalue weighted by Crippen LogP contribution is -2.26. The molecule has 5 nitrogen and oxygen atoms in total. The van der Waals surface area contributed by atoms with Crippen molar-refractivity contribution in [2.24, 2.45) is 0 Å². The zero-order valence-corrected chi connectivity index (χ0v) is 10.9. The maximum atomic E-state index is 11.7. The smallest absolute Gasteiger partial charge is 0.254 e. The topological polar surface area (TPSA) is 67.2 Å². The van der Waals surface area contributed by atoms with Crippen molar-refractivity contribution >= 4 is 5.91 Å². The Balaban J connectivity index is 2.56. The highest BCUT2D eigenvalue weighted by Crippen LogP contribution is 2.12. The highest BCUT2D eigenvalue weighted by Gasteiger charge is 2.16. The highest BCUT2D eigenvalue weighted by molar-refractivity contribution is 5.93. The maximum absolute atomic E-state index is 11.7. The standard InChI is InChI=1S/C12H21N3O2/c1-9(16)5-6-13-11(17)10-7-14-15(8-10)12(2,3)4/h7-9,16H,5-6H2,1-4H3,(H,13,17). The second-order valence-corrected chi connectivity index (χ2v) is 5.24. The molecule has 0 fully saturated rings. The van der Waals surface area contributed by atoms with Gasteiger partial charge < -0.3 is 10.4 Å². The summed E-state index contributed by atoms with van der Waals surface area (Å²) in [4.78, 5) is 11.7. The summed E-state index contributed by atoms with van der Waals surface area (Å²) in [6, 6.07) is 0. The SMILES string of the molecule is CC(O)CCNC(=O)c1cnn(C(C)(C)C)c1. The summed E-state index contributed by atoms with van der Waals surface area (Å²) < 4.78 is 1.76. The number of nitrogens with zero attached hydrogens (tertiary/aromatic N) is 2. The minimum Gasteiger partial charge on any atom is -0.393 e. The molecule has 0 saturated carbocycles. The van der Waals surface area contributed by atoms with Crippen LogP contribution >= 0.6 is 0 Å². The van der Waals surface area contributed by atoms with Crippen LogP contribution in [-0.2, 0) is 5.54 Å². The number of aromatic nitrogens is 2. The molecule has 1 atom stereocenters. The van der Waals surface area contributed by atoms with Crippen LogP contribution in [0.1, 0.15) is 44.5 Å². The molecule has 2 N–H and O–H groups in total. The Morgan fingerprint density at radius 1 is 1.59 bits per heavy atom. The molecule has 1 aromatic rings. The van der Waals surface area contributed by atoms with E-state index in [-0.39, 0.29) is 11.4 Å². The van der Waals surface area contributed by atoms with E-state index in [1.165, 1.54) is 0 Å². The Labute approximate surface area is 102 Å². The van der Waals surface area contributed by atoms with E-state index in [0.717, 1.165) is 0 Å². The minimum absolute atomic E-state index is 0.127. The van der Waals surface area contributed by atoms with E-state index in [2.05, 4.69) is 10.4 Å². The van der Waals surface area contributed by atoms with E-state index in [0.29, 0.717) is 18.5 Å². The molecule has 0 bridgehead atoms. The summed E-state index contributed by atoms with van der Waals surface area (Å²) in [6.07, 6.45) is 3.45. The van der Waals surface area contributed by atoms with E-state index < -0.39 is 6.10 Å². The highest BCUT2D eigenvalue weighted by atomic mass is 16.3. The van der Waals surface area contributed by atoms with E-state index in [1.807, 2.05) is 20.8 Å². The first-order chi connectivity index (χ1) is 7.80. The summed E-state index contributed by atoms with van der Waals surface area (Å²) in [7, 11) is 0. The van der Waals surface area contributed by atoms with Crippen LogP contribution in [0.25, 0.3) is 0 Å². The van der Waals surface area contributed by atoms with Gasteiger partial charge in [-0.3, -0.25) is 9.48 Å². The molecule has 1 amide bonds. The van der Waals surface area contributed by atoms with Crippen molar-refractivity contribution in [2.45, 2.75) is 45.8 Å². The summed E-state index contributed by atoms with van der Waals surface area (Å²) in [5, 5.41) is 16.0. The zero-order chi connectivity index (χ0) is 13.1. The summed E-state index contributed by atoms with van der Waals surface area (Å²) >= 11 is 0. The molecule has 96 valence electrons. The van der Waals surface area contributed by atoms with E-state index in [9.17, 15) is 4.79 Å². The fraction of sp³-hybridized carbons (Fsp3) is 0.667. The summed E-state index contributed by atoms with van der Waals surface area (Å²) in [6.45, 7) is 8.24. The third-order valence-corrected chi connectivity index (χ3v) is 2.38. The molecule has 0 spiro atoms. The van der Waals surface area contributed by atoms with Gasteiger partial charge in [0.25, 0.3) is 5.91 Å². The Morgan fingerprint density at radius 3 is 2.71 bits per heavy atom. The van der Waals surface area contributed by atoms with Gasteiger partial charge in [0.2, 0.25) is 0 Å². The zero-order valence-electron chi connectivity index (χ0n) is 10.9. The van der Waals surface area contributed by atoms with Crippen molar-refractivity contribution in [3.63, 3.8) is 0 Å². The van der Waals surface area contributed by atoms with Gasteiger partial charge in [0.15, 0.2) is 0 Å². The van der Waals surface area contributed by atoms with Gasteiger partial charge in [-0.15, -0.1) is 0 Å². The van der Waals surface area contributed by atoms with Gasteiger partial charge in [0.05, 0.1) is 23.4 Å². The Hall–Kier alpha value is -1.36. The Kier molecular flexibility index (Phi) is 4.28. The quantitative estimate of drug-likeness (QED) is 0.828. The van der Waals surface area contributed by atoms with E-state index >= 15 is 0 Å². The van der Waals surface area contributed by atoms with Gasteiger partial charge in [-0.25, -0.2) is 0 Å². The normalized spacial score (nSPS) is 13.5. The lowest BCUT2D eigenvalue weighted by molar-refractivity contribution is 0.0945. The largest absolute Gasteiger partial charge is 0.393 e. The van der Waals surface area contributed by atoms with Crippen LogP contribution in [0.2, 0.25) is 0 Å². The molecule has 17 heavy (non-hydrogen) atoms. The molecule has 0 saturated heterocycles. The van der Waals surface area contributed by atoms with Crippen LogP contribution in [0.4, 0.5) is 0 Å². The second-order valence-electron chi connectivity index (χ2n) is 5.24. The first kappa shape index (κ1) is 13.7. The molecule has 0 aliphatic carbocycles. The van der Waals surface area contributed by atoms with Gasteiger partial charge in [-0.05, 0) is 34.1 Å². The third-order valence-electron chi connectivity index (χ3n) is 2.38. The van der Waals surface area contributed by atoms with Crippen LogP contribution in [-0.4, -0.2) is 33.4 Å². The number of hydrogen-bond acceptors (Lipinski definition) is 3. The molecule has 1 heterocycles. The third kappa shape index (κ3) is 4.19. The van der Waals surface area contributed by atoms with Crippen molar-refractivity contribution in [1.82, 2.24) is 15.1 Å². The van der Waals surface area contributed by atoms with Crippen LogP contribution in [0, 0.1) is 0 Å². The molecule has 5 heteroatoms. The monoisotopic (exact) mass is 239 g/mol. The van der Waals surface area contributed by atoms with Gasteiger partial charge in [0.1, 0.15) is 0 Å². The number of carbonyl (C=O) groups excluding carboxylic acids is 1. The second kappa shape index (κ2) is 5.31.